The van der Waals surface area contributed by atoms with Gasteiger partial charge in [0.2, 0.25) is 5.91 Å². The summed E-state index contributed by atoms with van der Waals surface area (Å²) in [5.41, 5.74) is 1.95. The topological polar surface area (TPSA) is 49.3 Å². The smallest absolute Gasteiger partial charge is 0.220 e. The summed E-state index contributed by atoms with van der Waals surface area (Å²) in [4.78, 5) is 12.8. The molecule has 1 amide bonds. The van der Waals surface area contributed by atoms with E-state index in [1.54, 1.807) is 11.8 Å². The zero-order valence-corrected chi connectivity index (χ0v) is 14.5. The molecule has 0 spiro atoms. The Labute approximate surface area is 146 Å². The molecular formula is C18H20ClNO2S. The Morgan fingerprint density at radius 3 is 2.61 bits per heavy atom. The van der Waals surface area contributed by atoms with Crippen LogP contribution in [0.25, 0.3) is 0 Å². The van der Waals surface area contributed by atoms with E-state index in [0.29, 0.717) is 17.2 Å². The molecular weight excluding hydrogens is 330 g/mol. The number of halogens is 1. The molecule has 2 N–H and O–H groups in total. The lowest BCUT2D eigenvalue weighted by Crippen LogP contribution is -2.28. The Morgan fingerprint density at radius 1 is 1.22 bits per heavy atom. The van der Waals surface area contributed by atoms with Crippen molar-refractivity contribution < 1.29 is 9.90 Å². The summed E-state index contributed by atoms with van der Waals surface area (Å²) in [5, 5.41) is 13.5. The van der Waals surface area contributed by atoms with Gasteiger partial charge in [-0.3, -0.25) is 4.79 Å². The Hall–Kier alpha value is -1.49. The second-order valence-corrected chi connectivity index (χ2v) is 6.80. The molecule has 1 unspecified atom stereocenters. The number of aliphatic hydroxyl groups is 1. The van der Waals surface area contributed by atoms with E-state index in [1.165, 1.54) is 0 Å². The maximum Gasteiger partial charge on any atom is 0.220 e. The van der Waals surface area contributed by atoms with Crippen molar-refractivity contribution in [1.29, 1.82) is 0 Å². The molecule has 0 aromatic heterocycles. The van der Waals surface area contributed by atoms with E-state index in [9.17, 15) is 9.90 Å². The fraction of sp³-hybridized carbons (Fsp3) is 0.278. The molecule has 0 aliphatic carbocycles. The maximum atomic E-state index is 11.8. The van der Waals surface area contributed by atoms with E-state index in [-0.39, 0.29) is 12.5 Å². The lowest BCUT2D eigenvalue weighted by atomic mass is 10.1. The number of thioether (sulfide) groups is 1. The SMILES string of the molecule is Cc1ccc(C(O)CNC(=O)CCSc2ccccc2Cl)cc1. The Balaban J connectivity index is 1.71. The number of rotatable bonds is 7. The fourth-order valence-corrected chi connectivity index (χ4v) is 3.21. The van der Waals surface area contributed by atoms with Crippen molar-refractivity contribution in [1.82, 2.24) is 5.32 Å². The van der Waals surface area contributed by atoms with Crippen molar-refractivity contribution in [3.05, 3.63) is 64.7 Å². The third kappa shape index (κ3) is 5.90. The molecule has 0 aliphatic heterocycles. The number of aryl methyl sites for hydroxylation is 1. The van der Waals surface area contributed by atoms with E-state index >= 15 is 0 Å². The van der Waals surface area contributed by atoms with Crippen molar-refractivity contribution in [3.8, 4) is 0 Å². The van der Waals surface area contributed by atoms with Crippen LogP contribution >= 0.6 is 23.4 Å². The Morgan fingerprint density at radius 2 is 1.91 bits per heavy atom. The zero-order chi connectivity index (χ0) is 16.7. The summed E-state index contributed by atoms with van der Waals surface area (Å²) in [5.74, 6) is 0.576. The normalized spacial score (nSPS) is 12.0. The number of carbonyl (C=O) groups is 1. The minimum atomic E-state index is -0.684. The number of carbonyl (C=O) groups excluding carboxylic acids is 1. The van der Waals surface area contributed by atoms with Crippen LogP contribution in [0.15, 0.2) is 53.4 Å². The van der Waals surface area contributed by atoms with Gasteiger partial charge >= 0.3 is 0 Å². The number of hydrogen-bond donors (Lipinski definition) is 2. The third-order valence-corrected chi connectivity index (χ3v) is 4.89. The molecule has 2 rings (SSSR count). The summed E-state index contributed by atoms with van der Waals surface area (Å²) in [6, 6.07) is 15.2. The highest BCUT2D eigenvalue weighted by molar-refractivity contribution is 7.99. The van der Waals surface area contributed by atoms with Crippen LogP contribution in [0, 0.1) is 6.92 Å². The molecule has 0 saturated carbocycles. The Kier molecular flexibility index (Phi) is 6.96. The third-order valence-electron chi connectivity index (χ3n) is 3.38. The molecule has 0 bridgehead atoms. The number of amides is 1. The first-order chi connectivity index (χ1) is 11.1. The van der Waals surface area contributed by atoms with Gasteiger partial charge in [0, 0.05) is 23.6 Å². The highest BCUT2D eigenvalue weighted by Crippen LogP contribution is 2.26. The molecule has 2 aromatic rings. The summed E-state index contributed by atoms with van der Waals surface area (Å²) in [6.45, 7) is 2.22. The second kappa shape index (κ2) is 8.96. The lowest BCUT2D eigenvalue weighted by molar-refractivity contribution is -0.121. The van der Waals surface area contributed by atoms with E-state index in [2.05, 4.69) is 5.32 Å². The second-order valence-electron chi connectivity index (χ2n) is 5.26. The molecule has 0 fully saturated rings. The van der Waals surface area contributed by atoms with Gasteiger partial charge in [-0.2, -0.15) is 0 Å². The summed E-state index contributed by atoms with van der Waals surface area (Å²) in [6.07, 6.45) is -0.299. The van der Waals surface area contributed by atoms with E-state index in [1.807, 2.05) is 55.5 Å². The van der Waals surface area contributed by atoms with Gasteiger partial charge in [0.25, 0.3) is 0 Å². The van der Waals surface area contributed by atoms with Crippen LogP contribution in [0.2, 0.25) is 5.02 Å². The number of nitrogens with one attached hydrogen (secondary N) is 1. The molecule has 122 valence electrons. The van der Waals surface area contributed by atoms with Crippen LogP contribution in [0.1, 0.15) is 23.7 Å². The van der Waals surface area contributed by atoms with Crippen molar-refractivity contribution in [2.45, 2.75) is 24.3 Å². The summed E-state index contributed by atoms with van der Waals surface area (Å²) < 4.78 is 0. The van der Waals surface area contributed by atoms with Gasteiger partial charge < -0.3 is 10.4 Å². The molecule has 0 saturated heterocycles. The van der Waals surface area contributed by atoms with Crippen molar-refractivity contribution >= 4 is 29.3 Å². The van der Waals surface area contributed by atoms with Crippen molar-refractivity contribution in [2.75, 3.05) is 12.3 Å². The van der Waals surface area contributed by atoms with Crippen molar-refractivity contribution in [3.63, 3.8) is 0 Å². The van der Waals surface area contributed by atoms with Crippen LogP contribution in [0.3, 0.4) is 0 Å². The molecule has 1 atom stereocenters. The predicted octanol–water partition coefficient (Wildman–Crippen LogP) is 3.98. The highest BCUT2D eigenvalue weighted by Gasteiger charge is 2.09. The van der Waals surface area contributed by atoms with E-state index in [4.69, 9.17) is 11.6 Å². The van der Waals surface area contributed by atoms with Gasteiger partial charge in [-0.05, 0) is 24.6 Å². The average Bonchev–Trinajstić information content (AvgIpc) is 2.55. The number of aliphatic hydroxyl groups excluding tert-OH is 1. The van der Waals surface area contributed by atoms with Crippen LogP contribution in [0.5, 0.6) is 0 Å². The van der Waals surface area contributed by atoms with Crippen LogP contribution in [-0.2, 0) is 4.79 Å². The average molecular weight is 350 g/mol. The van der Waals surface area contributed by atoms with Gasteiger partial charge in [0.1, 0.15) is 0 Å². The van der Waals surface area contributed by atoms with Gasteiger partial charge in [-0.15, -0.1) is 11.8 Å². The molecule has 23 heavy (non-hydrogen) atoms. The predicted molar refractivity (Wildman–Crippen MR) is 95.9 cm³/mol. The zero-order valence-electron chi connectivity index (χ0n) is 13.0. The fourth-order valence-electron chi connectivity index (χ4n) is 2.02. The highest BCUT2D eigenvalue weighted by atomic mass is 35.5. The summed E-state index contributed by atoms with van der Waals surface area (Å²) in [7, 11) is 0. The Bertz CT molecular complexity index is 646. The number of benzene rings is 2. The van der Waals surface area contributed by atoms with Crippen LogP contribution in [0.4, 0.5) is 0 Å². The quantitative estimate of drug-likeness (QED) is 0.743. The molecule has 0 aliphatic rings. The minimum Gasteiger partial charge on any atom is -0.387 e. The molecule has 3 nitrogen and oxygen atoms in total. The summed E-state index contributed by atoms with van der Waals surface area (Å²) >= 11 is 7.62. The van der Waals surface area contributed by atoms with Crippen LogP contribution < -0.4 is 5.32 Å². The maximum absolute atomic E-state index is 11.8. The lowest BCUT2D eigenvalue weighted by Gasteiger charge is -2.12. The molecule has 5 heteroatoms. The van der Waals surface area contributed by atoms with Gasteiger partial charge in [-0.1, -0.05) is 53.6 Å². The van der Waals surface area contributed by atoms with E-state index < -0.39 is 6.10 Å². The van der Waals surface area contributed by atoms with Gasteiger partial charge in [-0.25, -0.2) is 0 Å². The van der Waals surface area contributed by atoms with Gasteiger partial charge in [0.15, 0.2) is 0 Å². The molecule has 0 radical (unpaired) electrons. The largest absolute Gasteiger partial charge is 0.387 e. The standard InChI is InChI=1S/C18H20ClNO2S/c1-13-6-8-14(9-7-13)16(21)12-20-18(22)10-11-23-17-5-3-2-4-15(17)19/h2-9,16,21H,10-12H2,1H3,(H,20,22). The van der Waals surface area contributed by atoms with Gasteiger partial charge in [0.05, 0.1) is 11.1 Å². The first-order valence-electron chi connectivity index (χ1n) is 7.45. The molecule has 2 aromatic carbocycles. The minimum absolute atomic E-state index is 0.0734. The monoisotopic (exact) mass is 349 g/mol. The first kappa shape index (κ1) is 17.9. The van der Waals surface area contributed by atoms with Crippen LogP contribution in [-0.4, -0.2) is 23.3 Å². The van der Waals surface area contributed by atoms with Crippen molar-refractivity contribution in [2.24, 2.45) is 0 Å². The van der Waals surface area contributed by atoms with E-state index in [0.717, 1.165) is 16.0 Å². The first-order valence-corrected chi connectivity index (χ1v) is 8.81. The molecule has 0 heterocycles. The number of hydrogen-bond acceptors (Lipinski definition) is 3.